The van der Waals surface area contributed by atoms with Gasteiger partial charge in [0.2, 0.25) is 0 Å². The number of likely N-dealkylation sites (tertiary alicyclic amines) is 1. The van der Waals surface area contributed by atoms with Crippen molar-refractivity contribution in [1.82, 2.24) is 10.2 Å². The van der Waals surface area contributed by atoms with Crippen LogP contribution in [-0.4, -0.2) is 50.8 Å². The van der Waals surface area contributed by atoms with Gasteiger partial charge in [-0.05, 0) is 52.2 Å². The van der Waals surface area contributed by atoms with Gasteiger partial charge in [0.1, 0.15) is 0 Å². The molecule has 0 aromatic rings. The fourth-order valence-electron chi connectivity index (χ4n) is 2.72. The number of methoxy groups -OCH3 is 1. The van der Waals surface area contributed by atoms with Crippen LogP contribution in [0.2, 0.25) is 0 Å². The lowest BCUT2D eigenvalue weighted by Gasteiger charge is -2.42. The molecular weight excluding hydrogens is 200 g/mol. The molecule has 0 aliphatic carbocycles. The van der Waals surface area contributed by atoms with E-state index in [2.05, 4.69) is 31.1 Å². The Balaban J connectivity index is 2.28. The molecule has 1 N–H and O–H groups in total. The molecule has 96 valence electrons. The van der Waals surface area contributed by atoms with Gasteiger partial charge >= 0.3 is 0 Å². The Morgan fingerprint density at radius 2 is 2.06 bits per heavy atom. The summed E-state index contributed by atoms with van der Waals surface area (Å²) < 4.78 is 5.09. The number of nitrogens with one attached hydrogen (secondary N) is 1. The largest absolute Gasteiger partial charge is 0.385 e. The molecule has 0 radical (unpaired) electrons. The molecule has 16 heavy (non-hydrogen) atoms. The predicted octanol–water partition coefficient (Wildman–Crippen LogP) is 1.73. The van der Waals surface area contributed by atoms with Crippen molar-refractivity contribution in [3.63, 3.8) is 0 Å². The van der Waals surface area contributed by atoms with Crippen LogP contribution in [0.1, 0.15) is 33.1 Å². The molecule has 0 spiro atoms. The first kappa shape index (κ1) is 13.9. The summed E-state index contributed by atoms with van der Waals surface area (Å²) in [6.45, 7) is 8.10. The lowest BCUT2D eigenvalue weighted by molar-refractivity contribution is 0.0831. The monoisotopic (exact) mass is 228 g/mol. The van der Waals surface area contributed by atoms with Gasteiger partial charge in [-0.15, -0.1) is 0 Å². The van der Waals surface area contributed by atoms with E-state index in [0.717, 1.165) is 12.5 Å². The van der Waals surface area contributed by atoms with Crippen molar-refractivity contribution in [3.05, 3.63) is 0 Å². The number of hydrogen-bond donors (Lipinski definition) is 1. The molecule has 1 rings (SSSR count). The standard InChI is InChI=1S/C13H28N2O/c1-11-12(2)15(8-5-6-10-16-4)9-7-13(11)14-3/h11-14H,5-10H2,1-4H3. The van der Waals surface area contributed by atoms with Crippen LogP contribution < -0.4 is 5.32 Å². The van der Waals surface area contributed by atoms with Crippen molar-refractivity contribution < 1.29 is 4.74 Å². The third-order valence-electron chi connectivity index (χ3n) is 4.11. The number of ether oxygens (including phenoxy) is 1. The molecule has 0 aromatic heterocycles. The van der Waals surface area contributed by atoms with Gasteiger partial charge in [0, 0.05) is 25.8 Å². The zero-order valence-electron chi connectivity index (χ0n) is 11.3. The van der Waals surface area contributed by atoms with Crippen LogP contribution >= 0.6 is 0 Å². The van der Waals surface area contributed by atoms with Crippen LogP contribution in [0.3, 0.4) is 0 Å². The highest BCUT2D eigenvalue weighted by molar-refractivity contribution is 4.87. The molecule has 0 bridgehead atoms. The van der Waals surface area contributed by atoms with Gasteiger partial charge in [0.15, 0.2) is 0 Å². The molecule has 0 aromatic carbocycles. The fraction of sp³-hybridized carbons (Fsp3) is 1.00. The Morgan fingerprint density at radius 1 is 1.31 bits per heavy atom. The summed E-state index contributed by atoms with van der Waals surface area (Å²) in [6.07, 6.45) is 3.73. The van der Waals surface area contributed by atoms with E-state index in [-0.39, 0.29) is 0 Å². The van der Waals surface area contributed by atoms with E-state index >= 15 is 0 Å². The van der Waals surface area contributed by atoms with Crippen LogP contribution in [0.15, 0.2) is 0 Å². The van der Waals surface area contributed by atoms with E-state index in [1.54, 1.807) is 7.11 Å². The lowest BCUT2D eigenvalue weighted by Crippen LogP contribution is -2.52. The molecule has 1 saturated heterocycles. The molecule has 3 heteroatoms. The van der Waals surface area contributed by atoms with E-state index in [4.69, 9.17) is 4.74 Å². The average molecular weight is 228 g/mol. The number of rotatable bonds is 6. The van der Waals surface area contributed by atoms with Gasteiger partial charge in [-0.3, -0.25) is 0 Å². The molecule has 3 nitrogen and oxygen atoms in total. The summed E-state index contributed by atoms with van der Waals surface area (Å²) in [5.41, 5.74) is 0. The lowest BCUT2D eigenvalue weighted by atomic mass is 9.87. The Bertz CT molecular complexity index is 187. The minimum Gasteiger partial charge on any atom is -0.385 e. The normalized spacial score (nSPS) is 31.9. The van der Waals surface area contributed by atoms with Crippen molar-refractivity contribution in [2.75, 3.05) is 33.9 Å². The third kappa shape index (κ3) is 3.72. The Kier molecular flexibility index (Phi) is 6.32. The van der Waals surface area contributed by atoms with E-state index in [0.29, 0.717) is 12.1 Å². The smallest absolute Gasteiger partial charge is 0.0462 e. The average Bonchev–Trinajstić information content (AvgIpc) is 2.30. The zero-order chi connectivity index (χ0) is 12.0. The van der Waals surface area contributed by atoms with E-state index in [9.17, 15) is 0 Å². The van der Waals surface area contributed by atoms with Gasteiger partial charge < -0.3 is 15.0 Å². The van der Waals surface area contributed by atoms with Crippen LogP contribution in [-0.2, 0) is 4.74 Å². The summed E-state index contributed by atoms with van der Waals surface area (Å²) in [5, 5.41) is 3.43. The van der Waals surface area contributed by atoms with Gasteiger partial charge in [-0.2, -0.15) is 0 Å². The maximum absolute atomic E-state index is 5.09. The summed E-state index contributed by atoms with van der Waals surface area (Å²) in [7, 11) is 3.87. The van der Waals surface area contributed by atoms with Gasteiger partial charge in [-0.1, -0.05) is 6.92 Å². The summed E-state index contributed by atoms with van der Waals surface area (Å²) >= 11 is 0. The highest BCUT2D eigenvalue weighted by Crippen LogP contribution is 2.23. The first-order valence-electron chi connectivity index (χ1n) is 6.61. The fourth-order valence-corrected chi connectivity index (χ4v) is 2.72. The first-order chi connectivity index (χ1) is 7.70. The molecule has 0 amide bonds. The van der Waals surface area contributed by atoms with Gasteiger partial charge in [0.25, 0.3) is 0 Å². The second-order valence-corrected chi connectivity index (χ2v) is 5.02. The molecule has 1 aliphatic heterocycles. The van der Waals surface area contributed by atoms with Crippen molar-refractivity contribution >= 4 is 0 Å². The highest BCUT2D eigenvalue weighted by Gasteiger charge is 2.30. The minimum absolute atomic E-state index is 0.699. The zero-order valence-corrected chi connectivity index (χ0v) is 11.3. The molecule has 3 atom stereocenters. The summed E-state index contributed by atoms with van der Waals surface area (Å²) in [5.74, 6) is 0.751. The van der Waals surface area contributed by atoms with Crippen LogP contribution in [0.4, 0.5) is 0 Å². The minimum atomic E-state index is 0.699. The topological polar surface area (TPSA) is 24.5 Å². The second-order valence-electron chi connectivity index (χ2n) is 5.02. The van der Waals surface area contributed by atoms with E-state index in [1.165, 1.54) is 32.4 Å². The molecule has 1 fully saturated rings. The van der Waals surface area contributed by atoms with Crippen LogP contribution in [0.5, 0.6) is 0 Å². The second kappa shape index (κ2) is 7.25. The van der Waals surface area contributed by atoms with Gasteiger partial charge in [-0.25, -0.2) is 0 Å². The predicted molar refractivity (Wildman–Crippen MR) is 68.8 cm³/mol. The van der Waals surface area contributed by atoms with Crippen LogP contribution in [0.25, 0.3) is 0 Å². The Morgan fingerprint density at radius 3 is 2.69 bits per heavy atom. The number of hydrogen-bond acceptors (Lipinski definition) is 3. The number of unbranched alkanes of at least 4 members (excludes halogenated alkanes) is 1. The summed E-state index contributed by atoms with van der Waals surface area (Å²) in [4.78, 5) is 2.63. The molecular formula is C13H28N2O. The molecule has 1 aliphatic rings. The number of piperidine rings is 1. The van der Waals surface area contributed by atoms with Crippen molar-refractivity contribution in [2.45, 2.75) is 45.2 Å². The SMILES string of the molecule is CNC1CCN(CCCCOC)C(C)C1C. The first-order valence-corrected chi connectivity index (χ1v) is 6.61. The quantitative estimate of drug-likeness (QED) is 0.701. The van der Waals surface area contributed by atoms with Crippen molar-refractivity contribution in [1.29, 1.82) is 0 Å². The molecule has 1 heterocycles. The molecule has 3 unspecified atom stereocenters. The Labute approximate surface area is 101 Å². The molecule has 0 saturated carbocycles. The highest BCUT2D eigenvalue weighted by atomic mass is 16.5. The van der Waals surface area contributed by atoms with E-state index in [1.807, 2.05) is 0 Å². The maximum Gasteiger partial charge on any atom is 0.0462 e. The van der Waals surface area contributed by atoms with Crippen molar-refractivity contribution in [2.24, 2.45) is 5.92 Å². The summed E-state index contributed by atoms with van der Waals surface area (Å²) in [6, 6.07) is 1.40. The number of nitrogens with zero attached hydrogens (tertiary/aromatic N) is 1. The maximum atomic E-state index is 5.09. The van der Waals surface area contributed by atoms with E-state index < -0.39 is 0 Å². The van der Waals surface area contributed by atoms with Gasteiger partial charge in [0.05, 0.1) is 0 Å². The van der Waals surface area contributed by atoms with Crippen molar-refractivity contribution in [3.8, 4) is 0 Å². The Hall–Kier alpha value is -0.120. The van der Waals surface area contributed by atoms with Crippen LogP contribution in [0, 0.1) is 5.92 Å². The third-order valence-corrected chi connectivity index (χ3v) is 4.11.